The van der Waals surface area contributed by atoms with Gasteiger partial charge in [0.1, 0.15) is 11.6 Å². The van der Waals surface area contributed by atoms with Gasteiger partial charge in [-0.05, 0) is 44.0 Å². The highest BCUT2D eigenvalue weighted by atomic mass is 32.2. The number of benzene rings is 2. The van der Waals surface area contributed by atoms with Crippen molar-refractivity contribution in [2.75, 3.05) is 5.32 Å². The molecule has 0 unspecified atom stereocenters. The average molecular weight is 420 g/mol. The molecule has 4 rings (SSSR count). The van der Waals surface area contributed by atoms with Gasteiger partial charge in [-0.15, -0.1) is 5.10 Å². The summed E-state index contributed by atoms with van der Waals surface area (Å²) in [5, 5.41) is 7.89. The molecule has 1 amide bonds. The summed E-state index contributed by atoms with van der Waals surface area (Å²) >= 11 is 1.42. The molecule has 0 atom stereocenters. The second-order valence-corrected chi connectivity index (χ2v) is 8.17. The van der Waals surface area contributed by atoms with Gasteiger partial charge in [0, 0.05) is 23.0 Å². The zero-order valence-electron chi connectivity index (χ0n) is 16.9. The molecule has 8 heteroatoms. The van der Waals surface area contributed by atoms with Gasteiger partial charge in [0.2, 0.25) is 5.91 Å². The van der Waals surface area contributed by atoms with Crippen LogP contribution in [0.5, 0.6) is 0 Å². The SMILES string of the molecule is Cc1cc(C)c(NC(=O)Cn2nc3c(Sc4ccccc4)nccn3c2=O)c(C)c1. The van der Waals surface area contributed by atoms with E-state index in [0.717, 1.165) is 27.3 Å². The number of hydrogen-bond acceptors (Lipinski definition) is 5. The summed E-state index contributed by atoms with van der Waals surface area (Å²) in [4.78, 5) is 30.7. The second-order valence-electron chi connectivity index (χ2n) is 7.10. The van der Waals surface area contributed by atoms with Gasteiger partial charge in [-0.2, -0.15) is 0 Å². The van der Waals surface area contributed by atoms with Gasteiger partial charge in [-0.1, -0.05) is 47.7 Å². The first-order chi connectivity index (χ1) is 14.4. The van der Waals surface area contributed by atoms with Crippen LogP contribution in [0.4, 0.5) is 5.69 Å². The molecule has 0 fully saturated rings. The fourth-order valence-electron chi connectivity index (χ4n) is 3.39. The lowest BCUT2D eigenvalue weighted by Gasteiger charge is -2.12. The summed E-state index contributed by atoms with van der Waals surface area (Å²) < 4.78 is 2.58. The van der Waals surface area contributed by atoms with Crippen LogP contribution in [0.25, 0.3) is 5.65 Å². The van der Waals surface area contributed by atoms with E-state index in [2.05, 4.69) is 15.4 Å². The maximum absolute atomic E-state index is 12.7. The summed E-state index contributed by atoms with van der Waals surface area (Å²) in [6.07, 6.45) is 3.12. The van der Waals surface area contributed by atoms with Crippen molar-refractivity contribution >= 4 is 29.0 Å². The van der Waals surface area contributed by atoms with Crippen LogP contribution < -0.4 is 11.0 Å². The van der Waals surface area contributed by atoms with E-state index in [-0.39, 0.29) is 18.1 Å². The number of fused-ring (bicyclic) bond motifs is 1. The third-order valence-electron chi connectivity index (χ3n) is 4.66. The molecule has 152 valence electrons. The summed E-state index contributed by atoms with van der Waals surface area (Å²) in [6.45, 7) is 5.74. The minimum atomic E-state index is -0.380. The highest BCUT2D eigenvalue weighted by Crippen LogP contribution is 2.27. The van der Waals surface area contributed by atoms with Gasteiger partial charge in [0.05, 0.1) is 0 Å². The van der Waals surface area contributed by atoms with Crippen LogP contribution in [-0.2, 0) is 11.3 Å². The van der Waals surface area contributed by atoms with Crippen LogP contribution in [0.2, 0.25) is 0 Å². The maximum Gasteiger partial charge on any atom is 0.350 e. The zero-order valence-corrected chi connectivity index (χ0v) is 17.7. The Bertz CT molecular complexity index is 1270. The molecule has 4 aromatic rings. The van der Waals surface area contributed by atoms with Crippen molar-refractivity contribution in [3.05, 3.63) is 82.0 Å². The molecule has 0 spiro atoms. The molecule has 2 heterocycles. The largest absolute Gasteiger partial charge is 0.350 e. The van der Waals surface area contributed by atoms with Crippen molar-refractivity contribution in [1.29, 1.82) is 0 Å². The third kappa shape index (κ3) is 3.99. The third-order valence-corrected chi connectivity index (χ3v) is 5.65. The van der Waals surface area contributed by atoms with E-state index in [4.69, 9.17) is 0 Å². The van der Waals surface area contributed by atoms with Crippen LogP contribution in [0, 0.1) is 20.8 Å². The van der Waals surface area contributed by atoms with Gasteiger partial charge in [-0.3, -0.25) is 4.79 Å². The van der Waals surface area contributed by atoms with E-state index < -0.39 is 0 Å². The molecule has 0 saturated carbocycles. The van der Waals surface area contributed by atoms with Crippen molar-refractivity contribution in [3.8, 4) is 0 Å². The maximum atomic E-state index is 12.7. The standard InChI is InChI=1S/C22H21N5O2S/c1-14-11-15(2)19(16(3)12-14)24-18(28)13-27-22(29)26-10-9-23-21(20(26)25-27)30-17-7-5-4-6-8-17/h4-12H,13H2,1-3H3,(H,24,28). The predicted molar refractivity (Wildman–Crippen MR) is 117 cm³/mol. The smallest absolute Gasteiger partial charge is 0.324 e. The molecular formula is C22H21N5O2S. The Balaban J connectivity index is 1.61. The van der Waals surface area contributed by atoms with Gasteiger partial charge in [-0.25, -0.2) is 18.9 Å². The number of hydrogen-bond donors (Lipinski definition) is 1. The van der Waals surface area contributed by atoms with Crippen LogP contribution >= 0.6 is 11.8 Å². The summed E-state index contributed by atoms with van der Waals surface area (Å²) in [5.74, 6) is -0.305. The number of carbonyl (C=O) groups excluding carboxylic acids is 1. The molecule has 0 aliphatic heterocycles. The molecule has 2 aromatic carbocycles. The summed E-state index contributed by atoms with van der Waals surface area (Å²) in [7, 11) is 0. The topological polar surface area (TPSA) is 81.3 Å². The molecule has 0 saturated heterocycles. The van der Waals surface area contributed by atoms with Gasteiger partial charge in [0.15, 0.2) is 5.65 Å². The Morgan fingerprint density at radius 1 is 1.10 bits per heavy atom. The van der Waals surface area contributed by atoms with Crippen molar-refractivity contribution in [1.82, 2.24) is 19.2 Å². The highest BCUT2D eigenvalue weighted by Gasteiger charge is 2.16. The normalized spacial score (nSPS) is 11.0. The Kier molecular flexibility index (Phi) is 5.41. The lowest BCUT2D eigenvalue weighted by molar-refractivity contribution is -0.117. The van der Waals surface area contributed by atoms with Crippen LogP contribution in [-0.4, -0.2) is 25.1 Å². The number of nitrogens with zero attached hydrogens (tertiary/aromatic N) is 4. The Morgan fingerprint density at radius 3 is 2.50 bits per heavy atom. The number of carbonyl (C=O) groups is 1. The lowest BCUT2D eigenvalue weighted by atomic mass is 10.1. The summed E-state index contributed by atoms with van der Waals surface area (Å²) in [5.41, 5.74) is 3.91. The quantitative estimate of drug-likeness (QED) is 0.534. The molecular weight excluding hydrogens is 398 g/mol. The van der Waals surface area contributed by atoms with Crippen molar-refractivity contribution in [3.63, 3.8) is 0 Å². The van der Waals surface area contributed by atoms with E-state index in [9.17, 15) is 9.59 Å². The zero-order chi connectivity index (χ0) is 21.3. The Labute approximate surface area is 177 Å². The van der Waals surface area contributed by atoms with Crippen LogP contribution in [0.3, 0.4) is 0 Å². The molecule has 0 radical (unpaired) electrons. The Morgan fingerprint density at radius 2 is 1.80 bits per heavy atom. The second kappa shape index (κ2) is 8.16. The first-order valence-corrected chi connectivity index (χ1v) is 10.3. The van der Waals surface area contributed by atoms with E-state index in [1.165, 1.54) is 20.8 Å². The van der Waals surface area contributed by atoms with Gasteiger partial charge >= 0.3 is 5.69 Å². The van der Waals surface area contributed by atoms with E-state index in [0.29, 0.717) is 10.7 Å². The van der Waals surface area contributed by atoms with Gasteiger partial charge in [0.25, 0.3) is 0 Å². The Hall–Kier alpha value is -3.39. The van der Waals surface area contributed by atoms with E-state index in [1.807, 2.05) is 63.2 Å². The number of aryl methyl sites for hydroxylation is 3. The lowest BCUT2D eigenvalue weighted by Crippen LogP contribution is -2.28. The fourth-order valence-corrected chi connectivity index (χ4v) is 4.25. The number of nitrogens with one attached hydrogen (secondary N) is 1. The first-order valence-electron chi connectivity index (χ1n) is 9.47. The highest BCUT2D eigenvalue weighted by molar-refractivity contribution is 7.99. The average Bonchev–Trinajstić information content (AvgIpc) is 3.02. The molecule has 0 aliphatic rings. The number of amides is 1. The fraction of sp³-hybridized carbons (Fsp3) is 0.182. The minimum Gasteiger partial charge on any atom is -0.324 e. The number of aromatic nitrogens is 4. The molecule has 2 aromatic heterocycles. The van der Waals surface area contributed by atoms with Crippen LogP contribution in [0.1, 0.15) is 16.7 Å². The van der Waals surface area contributed by atoms with Crippen molar-refractivity contribution in [2.24, 2.45) is 0 Å². The molecule has 7 nitrogen and oxygen atoms in total. The monoisotopic (exact) mass is 419 g/mol. The molecule has 0 aliphatic carbocycles. The van der Waals surface area contributed by atoms with E-state index in [1.54, 1.807) is 12.4 Å². The van der Waals surface area contributed by atoms with Gasteiger partial charge < -0.3 is 5.32 Å². The van der Waals surface area contributed by atoms with Crippen LogP contribution in [0.15, 0.2) is 69.6 Å². The van der Waals surface area contributed by atoms with E-state index >= 15 is 0 Å². The molecule has 1 N–H and O–H groups in total. The number of rotatable bonds is 5. The number of anilines is 1. The predicted octanol–water partition coefficient (Wildman–Crippen LogP) is 3.61. The molecule has 30 heavy (non-hydrogen) atoms. The van der Waals surface area contributed by atoms with Crippen molar-refractivity contribution < 1.29 is 4.79 Å². The minimum absolute atomic E-state index is 0.178. The first kappa shape index (κ1) is 19.9. The van der Waals surface area contributed by atoms with Crippen molar-refractivity contribution in [2.45, 2.75) is 37.2 Å². The molecule has 0 bridgehead atoms. The summed E-state index contributed by atoms with van der Waals surface area (Å²) in [6, 6.07) is 13.8.